The molecule has 0 unspecified atom stereocenters. The van der Waals surface area contributed by atoms with E-state index in [1.165, 1.54) is 0 Å². The van der Waals surface area contributed by atoms with Crippen LogP contribution in [0.3, 0.4) is 0 Å². The number of rotatable bonds is 5. The predicted octanol–water partition coefficient (Wildman–Crippen LogP) is 3.00. The van der Waals surface area contributed by atoms with Crippen LogP contribution in [0.2, 0.25) is 0 Å². The minimum absolute atomic E-state index is 0.268. The summed E-state index contributed by atoms with van der Waals surface area (Å²) in [6.45, 7) is 1.54. The van der Waals surface area contributed by atoms with Gasteiger partial charge in [0.25, 0.3) is 0 Å². The zero-order valence-electron chi connectivity index (χ0n) is 12.8. The molecule has 1 amide bonds. The smallest absolute Gasteiger partial charge is 0.245 e. The SMILES string of the molecule is Cc1ccccc1N(CC(=O)Nc1ccc(I)cc1)S(C)(=O)=O. The fourth-order valence-corrected chi connectivity index (χ4v) is 3.36. The lowest BCUT2D eigenvalue weighted by molar-refractivity contribution is -0.114. The Hall–Kier alpha value is -1.61. The number of halogens is 1. The molecule has 0 heterocycles. The third-order valence-corrected chi connectivity index (χ3v) is 5.05. The van der Waals surface area contributed by atoms with E-state index in [4.69, 9.17) is 0 Å². The average molecular weight is 444 g/mol. The van der Waals surface area contributed by atoms with Crippen LogP contribution in [0.5, 0.6) is 0 Å². The quantitative estimate of drug-likeness (QED) is 0.722. The van der Waals surface area contributed by atoms with E-state index in [-0.39, 0.29) is 12.5 Å². The summed E-state index contributed by atoms with van der Waals surface area (Å²) in [6, 6.07) is 14.4. The second-order valence-electron chi connectivity index (χ2n) is 5.11. The molecule has 0 aliphatic heterocycles. The maximum absolute atomic E-state index is 12.2. The van der Waals surface area contributed by atoms with E-state index < -0.39 is 10.0 Å². The van der Waals surface area contributed by atoms with Gasteiger partial charge >= 0.3 is 0 Å². The molecule has 5 nitrogen and oxygen atoms in total. The van der Waals surface area contributed by atoms with Gasteiger partial charge in [0.15, 0.2) is 0 Å². The highest BCUT2D eigenvalue weighted by Crippen LogP contribution is 2.22. The summed E-state index contributed by atoms with van der Waals surface area (Å²) in [5.74, 6) is -0.389. The van der Waals surface area contributed by atoms with Crippen molar-refractivity contribution >= 4 is 49.9 Å². The number of carbonyl (C=O) groups is 1. The van der Waals surface area contributed by atoms with Gasteiger partial charge in [-0.05, 0) is 65.4 Å². The molecule has 0 aliphatic carbocycles. The number of anilines is 2. The Balaban J connectivity index is 2.20. The van der Waals surface area contributed by atoms with Crippen LogP contribution >= 0.6 is 22.6 Å². The Kier molecular flexibility index (Phi) is 5.64. The van der Waals surface area contributed by atoms with Gasteiger partial charge in [-0.25, -0.2) is 8.42 Å². The van der Waals surface area contributed by atoms with E-state index >= 15 is 0 Å². The number of carbonyl (C=O) groups excluding carboxylic acids is 1. The molecule has 122 valence electrons. The Morgan fingerprint density at radius 1 is 1.13 bits per heavy atom. The first kappa shape index (κ1) is 17.7. The topological polar surface area (TPSA) is 66.5 Å². The minimum Gasteiger partial charge on any atom is -0.325 e. The van der Waals surface area contributed by atoms with E-state index in [0.29, 0.717) is 11.4 Å². The van der Waals surface area contributed by atoms with Crippen molar-refractivity contribution in [1.29, 1.82) is 0 Å². The fourth-order valence-electron chi connectivity index (χ4n) is 2.09. The molecule has 7 heteroatoms. The van der Waals surface area contributed by atoms with Crippen LogP contribution in [-0.2, 0) is 14.8 Å². The standard InChI is InChI=1S/C16H17IN2O3S/c1-12-5-3-4-6-15(12)19(23(2,21)22)11-16(20)18-14-9-7-13(17)8-10-14/h3-10H,11H2,1-2H3,(H,18,20). The van der Waals surface area contributed by atoms with Crippen molar-refractivity contribution < 1.29 is 13.2 Å². The van der Waals surface area contributed by atoms with Crippen LogP contribution < -0.4 is 9.62 Å². The van der Waals surface area contributed by atoms with Crippen LogP contribution in [0.4, 0.5) is 11.4 Å². The van der Waals surface area contributed by atoms with E-state index in [1.807, 2.05) is 31.2 Å². The van der Waals surface area contributed by atoms with Gasteiger partial charge in [0.05, 0.1) is 11.9 Å². The first-order valence-corrected chi connectivity index (χ1v) is 9.79. The second-order valence-corrected chi connectivity index (χ2v) is 8.26. The van der Waals surface area contributed by atoms with E-state index in [1.54, 1.807) is 24.3 Å². The van der Waals surface area contributed by atoms with Gasteiger partial charge in [-0.15, -0.1) is 0 Å². The molecule has 0 fully saturated rings. The summed E-state index contributed by atoms with van der Waals surface area (Å²) in [4.78, 5) is 12.2. The van der Waals surface area contributed by atoms with Crippen molar-refractivity contribution in [3.63, 3.8) is 0 Å². The second kappa shape index (κ2) is 7.31. The molecule has 0 atom stereocenters. The first-order valence-electron chi connectivity index (χ1n) is 6.86. The lowest BCUT2D eigenvalue weighted by Crippen LogP contribution is -2.37. The summed E-state index contributed by atoms with van der Waals surface area (Å²) in [6.07, 6.45) is 1.09. The normalized spacial score (nSPS) is 11.1. The van der Waals surface area contributed by atoms with Crippen LogP contribution in [0.25, 0.3) is 0 Å². The predicted molar refractivity (Wildman–Crippen MR) is 101 cm³/mol. The Morgan fingerprint density at radius 2 is 1.74 bits per heavy atom. The van der Waals surface area contributed by atoms with Gasteiger partial charge in [0.2, 0.25) is 15.9 Å². The zero-order valence-corrected chi connectivity index (χ0v) is 15.8. The zero-order chi connectivity index (χ0) is 17.0. The molecular formula is C16H17IN2O3S. The molecule has 0 radical (unpaired) electrons. The molecule has 23 heavy (non-hydrogen) atoms. The van der Waals surface area contributed by atoms with Crippen LogP contribution in [-0.4, -0.2) is 27.1 Å². The third kappa shape index (κ3) is 4.93. The lowest BCUT2D eigenvalue weighted by atomic mass is 10.2. The Morgan fingerprint density at radius 3 is 2.30 bits per heavy atom. The highest BCUT2D eigenvalue weighted by Gasteiger charge is 2.22. The minimum atomic E-state index is -3.56. The van der Waals surface area contributed by atoms with Crippen molar-refractivity contribution in [3.05, 3.63) is 57.7 Å². The Labute approximate surface area is 149 Å². The molecule has 0 aliphatic rings. The van der Waals surface area contributed by atoms with Crippen molar-refractivity contribution in [1.82, 2.24) is 0 Å². The molecule has 2 rings (SSSR count). The number of nitrogens with one attached hydrogen (secondary N) is 1. The summed E-state index contributed by atoms with van der Waals surface area (Å²) in [5.41, 5.74) is 1.93. The molecule has 1 N–H and O–H groups in total. The largest absolute Gasteiger partial charge is 0.325 e. The van der Waals surface area contributed by atoms with Crippen LogP contribution in [0, 0.1) is 10.5 Å². The average Bonchev–Trinajstić information content (AvgIpc) is 2.47. The van der Waals surface area contributed by atoms with Gasteiger partial charge in [0.1, 0.15) is 6.54 Å². The fraction of sp³-hybridized carbons (Fsp3) is 0.188. The van der Waals surface area contributed by atoms with Gasteiger partial charge in [-0.3, -0.25) is 9.10 Å². The van der Waals surface area contributed by atoms with Gasteiger partial charge in [0, 0.05) is 9.26 Å². The molecule has 2 aromatic carbocycles. The Bertz CT molecular complexity index is 804. The number of hydrogen-bond donors (Lipinski definition) is 1. The van der Waals surface area contributed by atoms with Crippen LogP contribution in [0.15, 0.2) is 48.5 Å². The number of hydrogen-bond acceptors (Lipinski definition) is 3. The molecule has 0 saturated carbocycles. The summed E-state index contributed by atoms with van der Waals surface area (Å²) >= 11 is 2.17. The first-order chi connectivity index (χ1) is 10.8. The van der Waals surface area contributed by atoms with Gasteiger partial charge in [-0.1, -0.05) is 18.2 Å². The molecule has 0 spiro atoms. The van der Waals surface area contributed by atoms with Gasteiger partial charge < -0.3 is 5.32 Å². The third-order valence-electron chi connectivity index (χ3n) is 3.20. The van der Waals surface area contributed by atoms with Crippen LogP contribution in [0.1, 0.15) is 5.56 Å². The maximum Gasteiger partial charge on any atom is 0.245 e. The summed E-state index contributed by atoms with van der Waals surface area (Å²) in [7, 11) is -3.56. The van der Waals surface area contributed by atoms with Crippen molar-refractivity contribution in [2.45, 2.75) is 6.92 Å². The highest BCUT2D eigenvalue weighted by molar-refractivity contribution is 14.1. The number of nitrogens with zero attached hydrogens (tertiary/aromatic N) is 1. The lowest BCUT2D eigenvalue weighted by Gasteiger charge is -2.23. The summed E-state index contributed by atoms with van der Waals surface area (Å²) in [5, 5.41) is 2.71. The number of amides is 1. The number of para-hydroxylation sites is 1. The molecule has 0 aromatic heterocycles. The maximum atomic E-state index is 12.2. The van der Waals surface area contributed by atoms with Crippen molar-refractivity contribution in [3.8, 4) is 0 Å². The number of aryl methyl sites for hydroxylation is 1. The number of benzene rings is 2. The van der Waals surface area contributed by atoms with E-state index in [9.17, 15) is 13.2 Å². The summed E-state index contributed by atoms with van der Waals surface area (Å²) < 4.78 is 26.3. The molecule has 0 bridgehead atoms. The van der Waals surface area contributed by atoms with Crippen molar-refractivity contribution in [2.75, 3.05) is 22.4 Å². The van der Waals surface area contributed by atoms with Gasteiger partial charge in [-0.2, -0.15) is 0 Å². The molecule has 0 saturated heterocycles. The molecular weight excluding hydrogens is 427 g/mol. The highest BCUT2D eigenvalue weighted by atomic mass is 127. The monoisotopic (exact) mass is 444 g/mol. The van der Waals surface area contributed by atoms with E-state index in [0.717, 1.165) is 19.7 Å². The van der Waals surface area contributed by atoms with E-state index in [2.05, 4.69) is 27.9 Å². The molecule has 2 aromatic rings. The van der Waals surface area contributed by atoms with Crippen molar-refractivity contribution in [2.24, 2.45) is 0 Å². The number of sulfonamides is 1.